The van der Waals surface area contributed by atoms with Gasteiger partial charge in [-0.2, -0.15) is 0 Å². The Balaban J connectivity index is 0.00000368. The predicted molar refractivity (Wildman–Crippen MR) is 157 cm³/mol. The zero-order chi connectivity index (χ0) is 33.3. The summed E-state index contributed by atoms with van der Waals surface area (Å²) < 4.78 is 120. The molecule has 1 unspecified atom stereocenters. The molecule has 0 aromatic heterocycles. The predicted octanol–water partition coefficient (Wildman–Crippen LogP) is -4.49. The summed E-state index contributed by atoms with van der Waals surface area (Å²) in [5.74, 6) is 0.809. The molecule has 4 rings (SSSR count). The molecule has 47 heavy (non-hydrogen) atoms. The molecule has 18 heteroatoms. The Bertz CT molecular complexity index is 1390. The van der Waals surface area contributed by atoms with Crippen LogP contribution in [0, 0.1) is 57.7 Å². The second-order valence-electron chi connectivity index (χ2n) is 15.8. The van der Waals surface area contributed by atoms with Gasteiger partial charge in [0.1, 0.15) is 12.2 Å². The van der Waals surface area contributed by atoms with E-state index in [1.807, 2.05) is 6.92 Å². The van der Waals surface area contributed by atoms with Crippen molar-refractivity contribution in [2.45, 2.75) is 125 Å². The van der Waals surface area contributed by atoms with Crippen LogP contribution in [0.2, 0.25) is 0 Å². The van der Waals surface area contributed by atoms with Gasteiger partial charge in [-0.25, -0.2) is 25.3 Å². The van der Waals surface area contributed by atoms with Crippen LogP contribution in [-0.4, -0.2) is 57.2 Å². The maximum Gasteiger partial charge on any atom is 1.00 e. The van der Waals surface area contributed by atoms with Crippen molar-refractivity contribution in [1.82, 2.24) is 0 Å². The Morgan fingerprint density at radius 2 is 1.17 bits per heavy atom. The second-order valence-corrected chi connectivity index (χ2v) is 18.9. The topological polar surface area (TPSA) is 199 Å². The molecule has 0 aromatic carbocycles. The summed E-state index contributed by atoms with van der Waals surface area (Å²) in [6.45, 7) is 15.6. The van der Waals surface area contributed by atoms with Gasteiger partial charge in [-0.1, -0.05) is 54.9 Å². The minimum absolute atomic E-state index is 0. The van der Waals surface area contributed by atoms with E-state index in [9.17, 15) is 38.9 Å². The Labute approximate surface area is 349 Å². The van der Waals surface area contributed by atoms with E-state index in [4.69, 9.17) is 8.37 Å². The third-order valence-corrected chi connectivity index (χ3v) is 14.1. The molecule has 0 N–H and O–H groups in total. The fourth-order valence-corrected chi connectivity index (χ4v) is 11.7. The molecule has 0 bridgehead atoms. The summed E-state index contributed by atoms with van der Waals surface area (Å²) >= 11 is 0. The molecule has 12 atom stereocenters. The van der Waals surface area contributed by atoms with Gasteiger partial charge in [0.05, 0.1) is 6.10 Å². The van der Waals surface area contributed by atoms with E-state index < -0.39 is 60.8 Å². The van der Waals surface area contributed by atoms with Crippen molar-refractivity contribution < 1.29 is 140 Å². The first-order valence-corrected chi connectivity index (χ1v) is 19.8. The fourth-order valence-electron chi connectivity index (χ4n) is 10.1. The van der Waals surface area contributed by atoms with Gasteiger partial charge in [-0.3, -0.25) is 12.5 Å². The van der Waals surface area contributed by atoms with Gasteiger partial charge < -0.3 is 13.7 Å². The Morgan fingerprint density at radius 1 is 0.681 bits per heavy atom. The summed E-state index contributed by atoms with van der Waals surface area (Å²) in [7, 11) is -15.8. The SMILES string of the molecule is CC(CC[C@@H](C)[C@H]1CC[C@H]2[C@@H]3C[C@H](OS(=O)(=O)[O-])[C@H]4C[C@H](OS(=O)(=O)[O-])[C@@H](OS(=O)(=O)[O-])C[C@]4(C)[C@H]3CC[C@]12C)C(C)(C)C.[Na+].[Na+].[Na+]. The van der Waals surface area contributed by atoms with E-state index in [2.05, 4.69) is 45.7 Å². The summed E-state index contributed by atoms with van der Waals surface area (Å²) in [4.78, 5) is 0. The van der Waals surface area contributed by atoms with E-state index in [0.29, 0.717) is 17.8 Å². The van der Waals surface area contributed by atoms with Crippen LogP contribution in [0.5, 0.6) is 0 Å². The van der Waals surface area contributed by atoms with Gasteiger partial charge >= 0.3 is 88.7 Å². The first-order valence-electron chi connectivity index (χ1n) is 15.8. The maximum atomic E-state index is 11.9. The van der Waals surface area contributed by atoms with Crippen LogP contribution in [0.15, 0.2) is 0 Å². The molecular formula is C29H49Na3O12S3. The second kappa shape index (κ2) is 17.0. The van der Waals surface area contributed by atoms with Crippen LogP contribution in [0.3, 0.4) is 0 Å². The van der Waals surface area contributed by atoms with Crippen LogP contribution < -0.4 is 88.7 Å². The van der Waals surface area contributed by atoms with E-state index in [0.717, 1.165) is 38.5 Å². The average molecular weight is 755 g/mol. The molecule has 0 spiro atoms. The minimum Gasteiger partial charge on any atom is -0.726 e. The normalized spacial score (nSPS) is 38.7. The molecule has 258 valence electrons. The van der Waals surface area contributed by atoms with Crippen molar-refractivity contribution in [1.29, 1.82) is 0 Å². The molecule has 0 aliphatic heterocycles. The zero-order valence-electron chi connectivity index (χ0n) is 29.8. The van der Waals surface area contributed by atoms with Gasteiger partial charge in [-0.15, -0.1) is 0 Å². The van der Waals surface area contributed by atoms with Crippen molar-refractivity contribution in [2.24, 2.45) is 57.7 Å². The average Bonchev–Trinajstić information content (AvgIpc) is 3.17. The van der Waals surface area contributed by atoms with Gasteiger partial charge in [0, 0.05) is 0 Å². The van der Waals surface area contributed by atoms with E-state index in [1.54, 1.807) is 0 Å². The standard InChI is InChI=1S/C29H52O12S3.3Na/c1-17(8-9-18(2)27(3,4)5)20-10-11-21-19-14-24(39-42(30,31)32)23-15-25(40-43(33,34)35)26(41-44(36,37)38)16-29(23,7)22(19)12-13-28(20,21)6;;;/h17-26H,8-16H2,1-7H3,(H,30,31,32)(H,33,34,35)(H,36,37,38);;;/q;3*+1/p-3/t17-,18?,19+,20-,21+,22+,23-,24+,25+,26+,28-,29-;;;/m1.../s1. The van der Waals surface area contributed by atoms with Crippen LogP contribution in [0.4, 0.5) is 0 Å². The molecule has 0 saturated heterocycles. The molecule has 0 aromatic rings. The van der Waals surface area contributed by atoms with Crippen molar-refractivity contribution >= 4 is 31.2 Å². The fraction of sp³-hybridized carbons (Fsp3) is 1.00. The minimum atomic E-state index is -5.35. The maximum absolute atomic E-state index is 11.9. The number of fused-ring (bicyclic) bond motifs is 5. The monoisotopic (exact) mass is 754 g/mol. The van der Waals surface area contributed by atoms with Gasteiger partial charge in [0.25, 0.3) is 0 Å². The number of hydrogen-bond donors (Lipinski definition) is 0. The summed E-state index contributed by atoms with van der Waals surface area (Å²) in [6, 6.07) is 0. The van der Waals surface area contributed by atoms with Crippen molar-refractivity contribution in [3.63, 3.8) is 0 Å². The molecular weight excluding hydrogens is 705 g/mol. The smallest absolute Gasteiger partial charge is 0.726 e. The summed E-state index contributed by atoms with van der Waals surface area (Å²) in [5, 5.41) is 0. The molecule has 0 amide bonds. The molecule has 0 radical (unpaired) electrons. The molecule has 4 aliphatic carbocycles. The largest absolute Gasteiger partial charge is 1.00 e. The van der Waals surface area contributed by atoms with Crippen molar-refractivity contribution in [3.8, 4) is 0 Å². The van der Waals surface area contributed by atoms with Gasteiger partial charge in [0.15, 0.2) is 0 Å². The van der Waals surface area contributed by atoms with Crippen LogP contribution in [0.1, 0.15) is 106 Å². The molecule has 4 fully saturated rings. The third kappa shape index (κ3) is 11.3. The zero-order valence-corrected chi connectivity index (χ0v) is 38.2. The van der Waals surface area contributed by atoms with E-state index in [1.165, 1.54) is 0 Å². The van der Waals surface area contributed by atoms with E-state index >= 15 is 0 Å². The number of hydrogen-bond acceptors (Lipinski definition) is 12. The van der Waals surface area contributed by atoms with Crippen molar-refractivity contribution in [2.75, 3.05) is 0 Å². The quantitative estimate of drug-likeness (QED) is 0.118. The molecule has 4 aliphatic rings. The molecule has 4 saturated carbocycles. The van der Waals surface area contributed by atoms with Crippen LogP contribution in [0.25, 0.3) is 0 Å². The van der Waals surface area contributed by atoms with E-state index in [-0.39, 0.29) is 137 Å². The van der Waals surface area contributed by atoms with Crippen LogP contribution >= 0.6 is 0 Å². The first kappa shape index (κ1) is 47.6. The van der Waals surface area contributed by atoms with Crippen LogP contribution in [-0.2, 0) is 43.7 Å². The Morgan fingerprint density at radius 3 is 1.68 bits per heavy atom. The third-order valence-electron chi connectivity index (χ3n) is 12.6. The molecule has 0 heterocycles. The Kier molecular flexibility index (Phi) is 17.2. The Hall–Kier alpha value is 2.61. The van der Waals surface area contributed by atoms with Gasteiger partial charge in [0.2, 0.25) is 31.2 Å². The summed E-state index contributed by atoms with van der Waals surface area (Å²) in [6.07, 6.45) is 1.15. The number of rotatable bonds is 10. The molecule has 12 nitrogen and oxygen atoms in total. The van der Waals surface area contributed by atoms with Gasteiger partial charge in [-0.05, 0) is 109 Å². The van der Waals surface area contributed by atoms with Crippen molar-refractivity contribution in [3.05, 3.63) is 0 Å². The summed E-state index contributed by atoms with van der Waals surface area (Å²) in [5.41, 5.74) is -0.700. The first-order chi connectivity index (χ1) is 19.8.